The number of fused-ring (bicyclic) bond motifs is 1. The molecular weight excluding hydrogens is 442 g/mol. The minimum Gasteiger partial charge on any atom is -0.502 e. The molecule has 2 N–H and O–H groups in total. The van der Waals surface area contributed by atoms with E-state index in [1.165, 1.54) is 14.2 Å². The van der Waals surface area contributed by atoms with Crippen LogP contribution in [0, 0.1) is 6.92 Å². The van der Waals surface area contributed by atoms with Gasteiger partial charge in [-0.3, -0.25) is 4.79 Å². The molecule has 0 saturated carbocycles. The maximum atomic E-state index is 13.0. The summed E-state index contributed by atoms with van der Waals surface area (Å²) < 4.78 is 16.1. The highest BCUT2D eigenvalue weighted by molar-refractivity contribution is 6.10. The molecule has 1 aliphatic rings. The lowest BCUT2D eigenvalue weighted by molar-refractivity contribution is -0.115. The Balaban J connectivity index is 1.75. The summed E-state index contributed by atoms with van der Waals surface area (Å²) in [7, 11) is 4.62. The van der Waals surface area contributed by atoms with Crippen molar-refractivity contribution in [2.45, 2.75) is 20.3 Å². The van der Waals surface area contributed by atoms with E-state index in [0.717, 1.165) is 50.4 Å². The average Bonchev–Trinajstić information content (AvgIpc) is 3.11. The summed E-state index contributed by atoms with van der Waals surface area (Å²) in [5.74, 6) is 1.23. The van der Waals surface area contributed by atoms with Crippen molar-refractivity contribution in [3.63, 3.8) is 0 Å². The first-order chi connectivity index (χ1) is 16.8. The fraction of sp³-hybridized carbons (Fsp3) is 0.207. The smallest absolute Gasteiger partial charge is 0.228 e. The number of aryl methyl sites for hydroxylation is 1. The Morgan fingerprint density at radius 3 is 2.14 bits per heavy atom. The number of phenolic OH excluding ortho intramolecular Hbond substituents is 1. The average molecular weight is 472 g/mol. The SMILES string of the molecule is COc1ccc2c(c1)C(CC(=O)Nc1ccc(C)cc1)=C(C)/C2=C/c1cc(OC)c(O)c(OC)c1. The Morgan fingerprint density at radius 2 is 1.54 bits per heavy atom. The van der Waals surface area contributed by atoms with Gasteiger partial charge in [0, 0.05) is 5.69 Å². The van der Waals surface area contributed by atoms with Crippen LogP contribution in [0.1, 0.15) is 35.6 Å². The number of aromatic hydroxyl groups is 1. The van der Waals surface area contributed by atoms with Crippen molar-refractivity contribution < 1.29 is 24.1 Å². The molecule has 6 heteroatoms. The Hall–Kier alpha value is -4.19. The van der Waals surface area contributed by atoms with Crippen molar-refractivity contribution in [1.82, 2.24) is 0 Å². The van der Waals surface area contributed by atoms with E-state index in [2.05, 4.69) is 5.32 Å². The van der Waals surface area contributed by atoms with Gasteiger partial charge in [0.2, 0.25) is 11.7 Å². The lowest BCUT2D eigenvalue weighted by Crippen LogP contribution is -2.12. The van der Waals surface area contributed by atoms with Crippen LogP contribution in [0.5, 0.6) is 23.0 Å². The molecule has 0 fully saturated rings. The molecule has 0 spiro atoms. The summed E-state index contributed by atoms with van der Waals surface area (Å²) in [6.45, 7) is 4.03. The van der Waals surface area contributed by atoms with Gasteiger partial charge in [-0.15, -0.1) is 0 Å². The third-order valence-corrected chi connectivity index (χ3v) is 6.18. The zero-order valence-electron chi connectivity index (χ0n) is 20.6. The molecular formula is C29H29NO5. The van der Waals surface area contributed by atoms with Crippen LogP contribution in [0.3, 0.4) is 0 Å². The topological polar surface area (TPSA) is 77.0 Å². The summed E-state index contributed by atoms with van der Waals surface area (Å²) in [6.07, 6.45) is 2.23. The van der Waals surface area contributed by atoms with Gasteiger partial charge in [0.05, 0.1) is 27.8 Å². The number of amides is 1. The number of ether oxygens (including phenoxy) is 3. The molecule has 35 heavy (non-hydrogen) atoms. The monoisotopic (exact) mass is 471 g/mol. The van der Waals surface area contributed by atoms with E-state index >= 15 is 0 Å². The second-order valence-electron chi connectivity index (χ2n) is 8.44. The maximum absolute atomic E-state index is 13.0. The third-order valence-electron chi connectivity index (χ3n) is 6.18. The van der Waals surface area contributed by atoms with Gasteiger partial charge in [0.1, 0.15) is 5.75 Å². The normalized spacial score (nSPS) is 13.6. The van der Waals surface area contributed by atoms with Crippen molar-refractivity contribution in [3.05, 3.63) is 82.4 Å². The van der Waals surface area contributed by atoms with Crippen LogP contribution < -0.4 is 19.5 Å². The number of hydrogen-bond acceptors (Lipinski definition) is 5. The molecule has 0 atom stereocenters. The molecule has 0 aliphatic heterocycles. The van der Waals surface area contributed by atoms with Crippen LogP contribution in [0.4, 0.5) is 5.69 Å². The summed E-state index contributed by atoms with van der Waals surface area (Å²) in [5, 5.41) is 13.3. The number of nitrogens with one attached hydrogen (secondary N) is 1. The van der Waals surface area contributed by atoms with E-state index in [1.807, 2.05) is 62.4 Å². The van der Waals surface area contributed by atoms with Crippen molar-refractivity contribution in [1.29, 1.82) is 0 Å². The fourth-order valence-electron chi connectivity index (χ4n) is 4.28. The van der Waals surface area contributed by atoms with E-state index in [9.17, 15) is 9.90 Å². The molecule has 1 aliphatic carbocycles. The second-order valence-corrected chi connectivity index (χ2v) is 8.44. The second kappa shape index (κ2) is 9.97. The summed E-state index contributed by atoms with van der Waals surface area (Å²) >= 11 is 0. The van der Waals surface area contributed by atoms with Crippen LogP contribution in [0.15, 0.2) is 60.2 Å². The number of hydrogen-bond donors (Lipinski definition) is 2. The zero-order chi connectivity index (χ0) is 25.1. The third kappa shape index (κ3) is 4.87. The largest absolute Gasteiger partial charge is 0.502 e. The molecule has 0 heterocycles. The minimum atomic E-state index is -0.0915. The highest BCUT2D eigenvalue weighted by atomic mass is 16.5. The highest BCUT2D eigenvalue weighted by Gasteiger charge is 2.26. The van der Waals surface area contributed by atoms with E-state index in [-0.39, 0.29) is 18.1 Å². The van der Waals surface area contributed by atoms with Crippen molar-refractivity contribution in [2.75, 3.05) is 26.6 Å². The predicted molar refractivity (Wildman–Crippen MR) is 139 cm³/mol. The number of allylic oxidation sites excluding steroid dienone is 2. The molecule has 0 radical (unpaired) electrons. The van der Waals surface area contributed by atoms with Gasteiger partial charge in [0.15, 0.2) is 11.5 Å². The molecule has 0 unspecified atom stereocenters. The molecule has 6 nitrogen and oxygen atoms in total. The van der Waals surface area contributed by atoms with Gasteiger partial charge < -0.3 is 24.6 Å². The standard InChI is InChI=1S/C29H29NO5/c1-17-6-8-20(9-7-17)30-28(31)16-24-18(2)23(22-11-10-21(33-3)15-25(22)24)12-19-13-26(34-4)29(32)27(14-19)35-5/h6-15,32H,16H2,1-5H3,(H,30,31)/b23-12-. The van der Waals surface area contributed by atoms with Crippen LogP contribution in [0.25, 0.3) is 17.2 Å². The number of phenols is 1. The lowest BCUT2D eigenvalue weighted by atomic mass is 10.00. The highest BCUT2D eigenvalue weighted by Crippen LogP contribution is 2.46. The summed E-state index contributed by atoms with van der Waals surface area (Å²) in [4.78, 5) is 13.0. The first kappa shape index (κ1) is 24.0. The van der Waals surface area contributed by atoms with Gasteiger partial charge >= 0.3 is 0 Å². The Morgan fingerprint density at radius 1 is 0.886 bits per heavy atom. The number of methoxy groups -OCH3 is 3. The summed E-state index contributed by atoms with van der Waals surface area (Å²) in [6, 6.07) is 17.1. The summed E-state index contributed by atoms with van der Waals surface area (Å²) in [5.41, 5.74) is 7.59. The Bertz CT molecular complexity index is 1310. The molecule has 3 aromatic carbocycles. The van der Waals surface area contributed by atoms with Crippen LogP contribution >= 0.6 is 0 Å². The molecule has 0 bridgehead atoms. The van der Waals surface area contributed by atoms with Crippen molar-refractivity contribution in [2.24, 2.45) is 0 Å². The molecule has 0 saturated heterocycles. The minimum absolute atomic E-state index is 0.0468. The van der Waals surface area contributed by atoms with E-state index in [0.29, 0.717) is 11.5 Å². The molecule has 3 aromatic rings. The van der Waals surface area contributed by atoms with E-state index in [4.69, 9.17) is 14.2 Å². The van der Waals surface area contributed by atoms with Gasteiger partial charge in [-0.1, -0.05) is 23.8 Å². The van der Waals surface area contributed by atoms with E-state index < -0.39 is 0 Å². The van der Waals surface area contributed by atoms with E-state index in [1.54, 1.807) is 19.2 Å². The fourth-order valence-corrected chi connectivity index (χ4v) is 4.28. The van der Waals surface area contributed by atoms with Gasteiger partial charge in [0.25, 0.3) is 0 Å². The molecule has 180 valence electrons. The first-order valence-corrected chi connectivity index (χ1v) is 11.3. The Kier molecular flexibility index (Phi) is 6.82. The van der Waals surface area contributed by atoms with Crippen molar-refractivity contribution in [3.8, 4) is 23.0 Å². The first-order valence-electron chi connectivity index (χ1n) is 11.3. The molecule has 4 rings (SSSR count). The number of anilines is 1. The van der Waals surface area contributed by atoms with Gasteiger partial charge in [-0.25, -0.2) is 0 Å². The number of carbonyl (C=O) groups excluding carboxylic acids is 1. The van der Waals surface area contributed by atoms with Crippen molar-refractivity contribution >= 4 is 28.8 Å². The van der Waals surface area contributed by atoms with Crippen LogP contribution in [-0.2, 0) is 4.79 Å². The molecule has 1 amide bonds. The zero-order valence-corrected chi connectivity index (χ0v) is 20.6. The lowest BCUT2D eigenvalue weighted by Gasteiger charge is -2.11. The van der Waals surface area contributed by atoms with Crippen LogP contribution in [0.2, 0.25) is 0 Å². The van der Waals surface area contributed by atoms with Gasteiger partial charge in [-0.2, -0.15) is 0 Å². The van der Waals surface area contributed by atoms with Crippen LogP contribution in [-0.4, -0.2) is 32.3 Å². The number of carbonyl (C=O) groups is 1. The predicted octanol–water partition coefficient (Wildman–Crippen LogP) is 6.08. The number of rotatable bonds is 7. The Labute approximate surface area is 205 Å². The molecule has 0 aromatic heterocycles. The number of benzene rings is 3. The quantitative estimate of drug-likeness (QED) is 0.437. The maximum Gasteiger partial charge on any atom is 0.228 e. The van der Waals surface area contributed by atoms with Gasteiger partial charge in [-0.05, 0) is 89.7 Å².